The molecule has 2 aromatic rings. The predicted molar refractivity (Wildman–Crippen MR) is 125 cm³/mol. The number of Topliss-reactive ketones (excluding diaryl/α,β-unsaturated/α-hetero) is 1. The molecule has 0 aromatic heterocycles. The molecule has 0 saturated carbocycles. The Balaban J connectivity index is 1.84. The summed E-state index contributed by atoms with van der Waals surface area (Å²) in [5.74, 6) is 0.471. The quantitative estimate of drug-likeness (QED) is 0.268. The van der Waals surface area contributed by atoms with E-state index in [0.29, 0.717) is 35.8 Å². The van der Waals surface area contributed by atoms with Crippen LogP contribution in [0.5, 0.6) is 11.5 Å². The number of benzene rings is 2. The Hall–Kier alpha value is -2.33. The van der Waals surface area contributed by atoms with Crippen molar-refractivity contribution in [1.82, 2.24) is 4.90 Å². The highest BCUT2D eigenvalue weighted by molar-refractivity contribution is 14.1. The number of ether oxygens (including phenoxy) is 2. The summed E-state index contributed by atoms with van der Waals surface area (Å²) >= 11 is 2.97. The van der Waals surface area contributed by atoms with Crippen molar-refractivity contribution in [3.05, 3.63) is 62.1 Å². The Kier molecular flexibility index (Phi) is 7.54. The lowest BCUT2D eigenvalue weighted by Crippen LogP contribution is -2.33. The predicted octanol–water partition coefficient (Wildman–Crippen LogP) is 5.01. The van der Waals surface area contributed by atoms with Crippen LogP contribution in [0.25, 0.3) is 6.08 Å². The standard InChI is InChI=1S/C22H20INO5S/c1-3-28-18-11-14(10-16(23)20(18)29-4-2)12-19-21(26)24(22(27)30-19)13-17(25)15-8-6-5-7-9-15/h5-12H,3-4,13H2,1-2H3/b19-12+. The van der Waals surface area contributed by atoms with Gasteiger partial charge >= 0.3 is 0 Å². The summed E-state index contributed by atoms with van der Waals surface area (Å²) in [4.78, 5) is 38.8. The molecule has 0 aliphatic carbocycles. The van der Waals surface area contributed by atoms with Crippen molar-refractivity contribution >= 4 is 57.4 Å². The van der Waals surface area contributed by atoms with Gasteiger partial charge in [0.1, 0.15) is 0 Å². The zero-order valence-electron chi connectivity index (χ0n) is 16.5. The molecule has 0 radical (unpaired) electrons. The third kappa shape index (κ3) is 5.04. The van der Waals surface area contributed by atoms with Gasteiger partial charge in [-0.2, -0.15) is 0 Å². The van der Waals surface area contributed by atoms with Crippen molar-refractivity contribution < 1.29 is 23.9 Å². The number of ketones is 1. The SMILES string of the molecule is CCOc1cc(/C=C2/SC(=O)N(CC(=O)c3ccccc3)C2=O)cc(I)c1OCC. The highest BCUT2D eigenvalue weighted by Crippen LogP contribution is 2.37. The van der Waals surface area contributed by atoms with Gasteiger partial charge in [-0.05, 0) is 72.0 Å². The second-order valence-corrected chi connectivity index (χ2v) is 8.41. The van der Waals surface area contributed by atoms with Crippen LogP contribution >= 0.6 is 34.4 Å². The van der Waals surface area contributed by atoms with Crippen molar-refractivity contribution in [1.29, 1.82) is 0 Å². The van der Waals surface area contributed by atoms with Crippen LogP contribution < -0.4 is 9.47 Å². The van der Waals surface area contributed by atoms with E-state index >= 15 is 0 Å². The molecular formula is C22H20INO5S. The molecule has 156 valence electrons. The summed E-state index contributed by atoms with van der Waals surface area (Å²) in [5.41, 5.74) is 1.18. The van der Waals surface area contributed by atoms with Crippen molar-refractivity contribution in [2.45, 2.75) is 13.8 Å². The van der Waals surface area contributed by atoms with E-state index in [2.05, 4.69) is 22.6 Å². The number of nitrogens with zero attached hydrogens (tertiary/aromatic N) is 1. The summed E-state index contributed by atoms with van der Waals surface area (Å²) in [6.45, 7) is 4.47. The molecule has 30 heavy (non-hydrogen) atoms. The van der Waals surface area contributed by atoms with E-state index in [-0.39, 0.29) is 17.2 Å². The molecule has 6 nitrogen and oxygen atoms in total. The third-order valence-corrected chi connectivity index (χ3v) is 5.90. The van der Waals surface area contributed by atoms with E-state index in [0.717, 1.165) is 20.2 Å². The Bertz CT molecular complexity index is 1010. The molecule has 2 amide bonds. The van der Waals surface area contributed by atoms with E-state index in [9.17, 15) is 14.4 Å². The van der Waals surface area contributed by atoms with Crippen LogP contribution in [0.2, 0.25) is 0 Å². The Morgan fingerprint density at radius 1 is 1.10 bits per heavy atom. The molecule has 1 saturated heterocycles. The number of imide groups is 1. The van der Waals surface area contributed by atoms with Gasteiger partial charge in [-0.25, -0.2) is 0 Å². The Labute approximate surface area is 192 Å². The Morgan fingerprint density at radius 3 is 2.47 bits per heavy atom. The van der Waals surface area contributed by atoms with Crippen LogP contribution in [0.15, 0.2) is 47.4 Å². The Morgan fingerprint density at radius 2 is 1.80 bits per heavy atom. The number of carbonyl (C=O) groups is 3. The fourth-order valence-electron chi connectivity index (χ4n) is 2.87. The fraction of sp³-hybridized carbons (Fsp3) is 0.227. The number of thioether (sulfide) groups is 1. The fourth-order valence-corrected chi connectivity index (χ4v) is 4.48. The van der Waals surface area contributed by atoms with Gasteiger partial charge in [-0.1, -0.05) is 30.3 Å². The minimum atomic E-state index is -0.476. The number of amides is 2. The first kappa shape index (κ1) is 22.4. The number of halogens is 1. The smallest absolute Gasteiger partial charge is 0.293 e. The third-order valence-electron chi connectivity index (χ3n) is 4.19. The summed E-state index contributed by atoms with van der Waals surface area (Å²) in [6.07, 6.45) is 1.64. The molecule has 1 aliphatic rings. The largest absolute Gasteiger partial charge is 0.490 e. The van der Waals surface area contributed by atoms with Gasteiger partial charge < -0.3 is 9.47 Å². The first-order chi connectivity index (χ1) is 14.4. The minimum absolute atomic E-state index is 0.267. The van der Waals surface area contributed by atoms with Crippen LogP contribution in [0, 0.1) is 3.57 Å². The highest BCUT2D eigenvalue weighted by atomic mass is 127. The summed E-state index contributed by atoms with van der Waals surface area (Å²) < 4.78 is 12.2. The zero-order chi connectivity index (χ0) is 21.7. The van der Waals surface area contributed by atoms with Crippen LogP contribution in [0.4, 0.5) is 4.79 Å². The lowest BCUT2D eigenvalue weighted by Gasteiger charge is -2.14. The zero-order valence-corrected chi connectivity index (χ0v) is 19.5. The normalized spacial score (nSPS) is 15.0. The number of carbonyl (C=O) groups excluding carboxylic acids is 3. The van der Waals surface area contributed by atoms with Gasteiger partial charge in [0.25, 0.3) is 11.1 Å². The average molecular weight is 537 g/mol. The van der Waals surface area contributed by atoms with Gasteiger partial charge in [-0.3, -0.25) is 19.3 Å². The van der Waals surface area contributed by atoms with E-state index in [1.54, 1.807) is 42.5 Å². The van der Waals surface area contributed by atoms with Gasteiger partial charge in [-0.15, -0.1) is 0 Å². The molecule has 8 heteroatoms. The van der Waals surface area contributed by atoms with Crippen molar-refractivity contribution in [2.24, 2.45) is 0 Å². The second kappa shape index (κ2) is 10.1. The number of hydrogen-bond acceptors (Lipinski definition) is 6. The molecule has 0 unspecified atom stereocenters. The maximum atomic E-state index is 12.8. The molecule has 1 heterocycles. The number of rotatable bonds is 8. The topological polar surface area (TPSA) is 72.9 Å². The number of hydrogen-bond donors (Lipinski definition) is 0. The molecule has 0 atom stereocenters. The second-order valence-electron chi connectivity index (χ2n) is 6.25. The van der Waals surface area contributed by atoms with Crippen molar-refractivity contribution in [3.8, 4) is 11.5 Å². The van der Waals surface area contributed by atoms with Crippen LogP contribution in [0.1, 0.15) is 29.8 Å². The molecule has 3 rings (SSSR count). The molecule has 0 N–H and O–H groups in total. The maximum absolute atomic E-state index is 12.8. The van der Waals surface area contributed by atoms with E-state index in [1.807, 2.05) is 19.9 Å². The van der Waals surface area contributed by atoms with Gasteiger partial charge in [0, 0.05) is 5.56 Å². The van der Waals surface area contributed by atoms with Crippen molar-refractivity contribution in [2.75, 3.05) is 19.8 Å². The maximum Gasteiger partial charge on any atom is 0.293 e. The summed E-state index contributed by atoms with van der Waals surface area (Å²) in [7, 11) is 0. The van der Waals surface area contributed by atoms with Crippen LogP contribution in [-0.4, -0.2) is 41.6 Å². The lowest BCUT2D eigenvalue weighted by molar-refractivity contribution is -0.122. The highest BCUT2D eigenvalue weighted by Gasteiger charge is 2.36. The first-order valence-electron chi connectivity index (χ1n) is 9.37. The molecule has 2 aromatic carbocycles. The molecule has 0 spiro atoms. The molecular weight excluding hydrogens is 517 g/mol. The van der Waals surface area contributed by atoms with Crippen LogP contribution in [0.3, 0.4) is 0 Å². The van der Waals surface area contributed by atoms with Gasteiger partial charge in [0.2, 0.25) is 0 Å². The molecule has 1 aliphatic heterocycles. The van der Waals surface area contributed by atoms with Gasteiger partial charge in [0.15, 0.2) is 17.3 Å². The minimum Gasteiger partial charge on any atom is -0.490 e. The average Bonchev–Trinajstić information content (AvgIpc) is 2.98. The van der Waals surface area contributed by atoms with Crippen LogP contribution in [-0.2, 0) is 4.79 Å². The van der Waals surface area contributed by atoms with E-state index in [1.165, 1.54) is 0 Å². The monoisotopic (exact) mass is 537 g/mol. The summed E-state index contributed by atoms with van der Waals surface area (Å²) in [5, 5.41) is -0.457. The molecule has 1 fully saturated rings. The lowest BCUT2D eigenvalue weighted by atomic mass is 10.1. The van der Waals surface area contributed by atoms with E-state index in [4.69, 9.17) is 9.47 Å². The molecule has 0 bridgehead atoms. The van der Waals surface area contributed by atoms with Crippen molar-refractivity contribution in [3.63, 3.8) is 0 Å². The van der Waals surface area contributed by atoms with Gasteiger partial charge in [0.05, 0.1) is 28.2 Å². The summed E-state index contributed by atoms with van der Waals surface area (Å²) in [6, 6.07) is 12.2. The first-order valence-corrected chi connectivity index (χ1v) is 11.3. The van der Waals surface area contributed by atoms with E-state index < -0.39 is 11.1 Å².